The number of hydrogen-bond donors (Lipinski definition) is 2. The van der Waals surface area contributed by atoms with Crippen LogP contribution >= 0.6 is 0 Å². The Labute approximate surface area is 195 Å². The van der Waals surface area contributed by atoms with Gasteiger partial charge in [0.15, 0.2) is 0 Å². The van der Waals surface area contributed by atoms with Crippen molar-refractivity contribution in [3.05, 3.63) is 65.7 Å². The third-order valence-corrected chi connectivity index (χ3v) is 6.27. The lowest BCUT2D eigenvalue weighted by atomic mass is 10.1. The number of nitrogens with zero attached hydrogens (tertiary/aromatic N) is 2. The highest BCUT2D eigenvalue weighted by Gasteiger charge is 2.29. The fourth-order valence-corrected chi connectivity index (χ4v) is 3.88. The first-order chi connectivity index (χ1) is 15.7. The minimum atomic E-state index is -3.70. The Morgan fingerprint density at radius 2 is 1.64 bits per heavy atom. The fourth-order valence-electron chi connectivity index (χ4n) is 3.16. The lowest BCUT2D eigenvalue weighted by Gasteiger charge is -2.31. The molecule has 2 rings (SSSR count). The molecule has 0 aliphatic carbocycles. The number of hydrogen-bond acceptors (Lipinski definition) is 6. The Morgan fingerprint density at radius 1 is 1.03 bits per heavy atom. The van der Waals surface area contributed by atoms with Crippen molar-refractivity contribution in [2.24, 2.45) is 0 Å². The maximum absolute atomic E-state index is 13.3. The van der Waals surface area contributed by atoms with Crippen LogP contribution in [0.25, 0.3) is 0 Å². The molecule has 33 heavy (non-hydrogen) atoms. The molecule has 0 unspecified atom stereocenters. The number of rotatable bonds is 12. The normalized spacial score (nSPS) is 12.3. The first kappa shape index (κ1) is 26.3. The van der Waals surface area contributed by atoms with Crippen molar-refractivity contribution in [1.82, 2.24) is 14.5 Å². The number of carbonyl (C=O) groups excluding carboxylic acids is 2. The summed E-state index contributed by atoms with van der Waals surface area (Å²) in [5.41, 5.74) is 1.49. The topological polar surface area (TPSA) is 116 Å². The van der Waals surface area contributed by atoms with E-state index in [1.54, 1.807) is 62.6 Å². The van der Waals surface area contributed by atoms with Crippen molar-refractivity contribution in [2.75, 3.05) is 33.1 Å². The van der Waals surface area contributed by atoms with Crippen LogP contribution in [-0.4, -0.2) is 73.6 Å². The van der Waals surface area contributed by atoms with Crippen molar-refractivity contribution in [2.45, 2.75) is 26.1 Å². The van der Waals surface area contributed by atoms with Crippen LogP contribution in [0.1, 0.15) is 18.1 Å². The lowest BCUT2D eigenvalue weighted by Crippen LogP contribution is -2.51. The van der Waals surface area contributed by atoms with E-state index in [0.717, 1.165) is 21.7 Å². The van der Waals surface area contributed by atoms with Crippen LogP contribution in [0.3, 0.4) is 0 Å². The predicted molar refractivity (Wildman–Crippen MR) is 125 cm³/mol. The summed E-state index contributed by atoms with van der Waals surface area (Å²) in [6.45, 7) is 1.10. The standard InChI is InChI=1S/C23H31N3O6S/c1-18(23(29)24-13-14-27)26(16-20-9-11-21(32-2)12-10-20)22(28)17-25(33(3,30)31)15-19-7-5-4-6-8-19/h4-12,18,27H,13-17H2,1-3H3,(H,24,29)/t18-/m1/s1. The van der Waals surface area contributed by atoms with Gasteiger partial charge in [-0.25, -0.2) is 8.42 Å². The minimum absolute atomic E-state index is 0.0346. The second-order valence-electron chi connectivity index (χ2n) is 7.58. The molecule has 0 saturated carbocycles. The summed E-state index contributed by atoms with van der Waals surface area (Å²) in [4.78, 5) is 27.2. The first-order valence-electron chi connectivity index (χ1n) is 10.5. The van der Waals surface area contributed by atoms with Gasteiger partial charge >= 0.3 is 0 Å². The summed E-state index contributed by atoms with van der Waals surface area (Å²) in [5, 5.41) is 11.6. The number of sulfonamides is 1. The summed E-state index contributed by atoms with van der Waals surface area (Å²) in [5.74, 6) is -0.310. The number of nitrogens with one attached hydrogen (secondary N) is 1. The maximum Gasteiger partial charge on any atom is 0.242 e. The molecule has 1 atom stereocenters. The van der Waals surface area contributed by atoms with Crippen molar-refractivity contribution in [3.8, 4) is 5.75 Å². The zero-order valence-electron chi connectivity index (χ0n) is 19.1. The zero-order chi connectivity index (χ0) is 24.4. The summed E-state index contributed by atoms with van der Waals surface area (Å²) >= 11 is 0. The lowest BCUT2D eigenvalue weighted by molar-refractivity contribution is -0.140. The molecule has 10 heteroatoms. The Bertz CT molecular complexity index is 1010. The number of aliphatic hydroxyl groups is 1. The Hall–Kier alpha value is -2.95. The molecule has 0 saturated heterocycles. The van der Waals surface area contributed by atoms with Crippen molar-refractivity contribution in [3.63, 3.8) is 0 Å². The first-order valence-corrected chi connectivity index (χ1v) is 12.3. The molecule has 2 N–H and O–H groups in total. The third kappa shape index (κ3) is 8.16. The van der Waals surface area contributed by atoms with Gasteiger partial charge in [-0.15, -0.1) is 0 Å². The molecular weight excluding hydrogens is 446 g/mol. The van der Waals surface area contributed by atoms with E-state index in [-0.39, 0.29) is 26.2 Å². The molecule has 0 aromatic heterocycles. The van der Waals surface area contributed by atoms with E-state index in [4.69, 9.17) is 9.84 Å². The van der Waals surface area contributed by atoms with E-state index in [2.05, 4.69) is 5.32 Å². The summed E-state index contributed by atoms with van der Waals surface area (Å²) in [6.07, 6.45) is 1.05. The average molecular weight is 478 g/mol. The van der Waals surface area contributed by atoms with Gasteiger partial charge in [0.05, 0.1) is 26.5 Å². The van der Waals surface area contributed by atoms with Gasteiger partial charge in [0, 0.05) is 19.6 Å². The molecule has 0 spiro atoms. The Balaban J connectivity index is 2.27. The Morgan fingerprint density at radius 3 is 2.18 bits per heavy atom. The molecule has 2 aromatic rings. The van der Waals surface area contributed by atoms with Crippen LogP contribution in [0.4, 0.5) is 0 Å². The molecule has 0 bridgehead atoms. The SMILES string of the molecule is COc1ccc(CN(C(=O)CN(Cc2ccccc2)S(C)(=O)=O)[C@H](C)C(=O)NCCO)cc1. The highest BCUT2D eigenvalue weighted by molar-refractivity contribution is 7.88. The van der Waals surface area contributed by atoms with Gasteiger partial charge < -0.3 is 20.1 Å². The van der Waals surface area contributed by atoms with E-state index in [1.807, 2.05) is 6.07 Å². The Kier molecular flexibility index (Phi) is 9.83. The molecule has 0 aliphatic heterocycles. The fraction of sp³-hybridized carbons (Fsp3) is 0.391. The van der Waals surface area contributed by atoms with Crippen molar-refractivity contribution >= 4 is 21.8 Å². The molecule has 0 aliphatic rings. The molecule has 9 nitrogen and oxygen atoms in total. The number of carbonyl (C=O) groups is 2. The largest absolute Gasteiger partial charge is 0.497 e. The minimum Gasteiger partial charge on any atom is -0.497 e. The molecule has 0 fully saturated rings. The smallest absolute Gasteiger partial charge is 0.242 e. The summed E-state index contributed by atoms with van der Waals surface area (Å²) in [7, 11) is -2.15. The number of methoxy groups -OCH3 is 1. The average Bonchev–Trinajstić information content (AvgIpc) is 2.80. The summed E-state index contributed by atoms with van der Waals surface area (Å²) in [6, 6.07) is 15.1. The predicted octanol–water partition coefficient (Wildman–Crippen LogP) is 0.983. The van der Waals surface area contributed by atoms with E-state index >= 15 is 0 Å². The second kappa shape index (κ2) is 12.3. The molecule has 0 radical (unpaired) electrons. The van der Waals surface area contributed by atoms with Gasteiger partial charge in [-0.2, -0.15) is 4.31 Å². The van der Waals surface area contributed by atoms with Crippen LogP contribution in [0, 0.1) is 0 Å². The van der Waals surface area contributed by atoms with E-state index in [9.17, 15) is 18.0 Å². The molecule has 180 valence electrons. The van der Waals surface area contributed by atoms with Crippen molar-refractivity contribution in [1.29, 1.82) is 0 Å². The molecular formula is C23H31N3O6S. The van der Waals surface area contributed by atoms with Crippen LogP contribution < -0.4 is 10.1 Å². The third-order valence-electron chi connectivity index (χ3n) is 5.07. The van der Waals surface area contributed by atoms with Crippen LogP contribution in [0.15, 0.2) is 54.6 Å². The van der Waals surface area contributed by atoms with Crippen LogP contribution in [0.5, 0.6) is 5.75 Å². The van der Waals surface area contributed by atoms with Gasteiger partial charge in [0.1, 0.15) is 11.8 Å². The van der Waals surface area contributed by atoms with E-state index in [1.165, 1.54) is 4.90 Å². The van der Waals surface area contributed by atoms with Crippen LogP contribution in [0.2, 0.25) is 0 Å². The maximum atomic E-state index is 13.3. The van der Waals surface area contributed by atoms with Crippen molar-refractivity contribution < 1.29 is 27.9 Å². The van der Waals surface area contributed by atoms with Gasteiger partial charge in [-0.3, -0.25) is 9.59 Å². The second-order valence-corrected chi connectivity index (χ2v) is 9.56. The highest BCUT2D eigenvalue weighted by atomic mass is 32.2. The highest BCUT2D eigenvalue weighted by Crippen LogP contribution is 2.16. The van der Waals surface area contributed by atoms with Crippen LogP contribution in [-0.2, 0) is 32.7 Å². The van der Waals surface area contributed by atoms with Gasteiger partial charge in [0.25, 0.3) is 0 Å². The quantitative estimate of drug-likeness (QED) is 0.471. The monoisotopic (exact) mass is 477 g/mol. The van der Waals surface area contributed by atoms with Gasteiger partial charge in [-0.05, 0) is 30.2 Å². The summed E-state index contributed by atoms with van der Waals surface area (Å²) < 4.78 is 31.0. The number of aliphatic hydroxyl groups excluding tert-OH is 1. The zero-order valence-corrected chi connectivity index (χ0v) is 19.9. The molecule has 2 aromatic carbocycles. The number of ether oxygens (including phenoxy) is 1. The van der Waals surface area contributed by atoms with E-state index in [0.29, 0.717) is 5.75 Å². The molecule has 0 heterocycles. The molecule has 2 amide bonds. The van der Waals surface area contributed by atoms with E-state index < -0.39 is 34.4 Å². The number of benzene rings is 2. The number of amides is 2. The van der Waals surface area contributed by atoms with Gasteiger partial charge in [0.2, 0.25) is 21.8 Å². The van der Waals surface area contributed by atoms with Gasteiger partial charge in [-0.1, -0.05) is 42.5 Å².